The van der Waals surface area contributed by atoms with Gasteiger partial charge in [-0.05, 0) is 42.3 Å². The summed E-state index contributed by atoms with van der Waals surface area (Å²) < 4.78 is 32.1. The van der Waals surface area contributed by atoms with Crippen molar-refractivity contribution in [2.75, 3.05) is 6.61 Å². The van der Waals surface area contributed by atoms with E-state index in [0.717, 1.165) is 5.56 Å². The molecule has 0 spiro atoms. The van der Waals surface area contributed by atoms with E-state index in [2.05, 4.69) is 11.8 Å². The van der Waals surface area contributed by atoms with Crippen molar-refractivity contribution in [3.05, 3.63) is 64.7 Å². The first-order valence-corrected chi connectivity index (χ1v) is 6.36. The number of rotatable bonds is 3. The van der Waals surface area contributed by atoms with Gasteiger partial charge in [-0.25, -0.2) is 8.78 Å². The normalized spacial score (nSPS) is 9.90. The Morgan fingerprint density at radius 2 is 1.90 bits per heavy atom. The number of aryl methyl sites for hydroxylation is 1. The lowest BCUT2D eigenvalue weighted by Gasteiger charge is -2.09. The summed E-state index contributed by atoms with van der Waals surface area (Å²) in [6.07, 6.45) is 0. The van der Waals surface area contributed by atoms with Crippen molar-refractivity contribution >= 4 is 0 Å². The SMILES string of the molecule is Cc1ccc(F)cc1COc1cc(F)cc(C#CCO)c1. The van der Waals surface area contributed by atoms with Gasteiger partial charge in [0.25, 0.3) is 0 Å². The molecule has 0 saturated carbocycles. The summed E-state index contributed by atoms with van der Waals surface area (Å²) in [5.74, 6) is 4.54. The molecule has 0 amide bonds. The maximum absolute atomic E-state index is 13.5. The van der Waals surface area contributed by atoms with Gasteiger partial charge in [-0.1, -0.05) is 17.9 Å². The molecule has 0 heterocycles. The van der Waals surface area contributed by atoms with Crippen LogP contribution in [0.3, 0.4) is 0 Å². The fourth-order valence-corrected chi connectivity index (χ4v) is 1.82. The average Bonchev–Trinajstić information content (AvgIpc) is 2.45. The van der Waals surface area contributed by atoms with Gasteiger partial charge in [-0.2, -0.15) is 0 Å². The summed E-state index contributed by atoms with van der Waals surface area (Å²) in [6.45, 7) is 1.69. The lowest BCUT2D eigenvalue weighted by molar-refractivity contribution is 0.303. The Kier molecular flexibility index (Phi) is 4.91. The zero-order chi connectivity index (χ0) is 15.2. The van der Waals surface area contributed by atoms with E-state index in [-0.39, 0.29) is 19.0 Å². The van der Waals surface area contributed by atoms with Gasteiger partial charge in [0.15, 0.2) is 0 Å². The Morgan fingerprint density at radius 1 is 1.10 bits per heavy atom. The van der Waals surface area contributed by atoms with E-state index in [1.807, 2.05) is 6.92 Å². The van der Waals surface area contributed by atoms with E-state index in [1.54, 1.807) is 12.1 Å². The van der Waals surface area contributed by atoms with Crippen LogP contribution in [0.15, 0.2) is 36.4 Å². The summed E-state index contributed by atoms with van der Waals surface area (Å²) in [5, 5.41) is 8.64. The van der Waals surface area contributed by atoms with Gasteiger partial charge in [-0.15, -0.1) is 0 Å². The molecule has 4 heteroatoms. The number of halogens is 2. The second-order valence-electron chi connectivity index (χ2n) is 4.49. The van der Waals surface area contributed by atoms with Gasteiger partial charge in [0.1, 0.15) is 30.6 Å². The summed E-state index contributed by atoms with van der Waals surface area (Å²) in [7, 11) is 0. The third-order valence-electron chi connectivity index (χ3n) is 2.89. The van der Waals surface area contributed by atoms with E-state index in [0.29, 0.717) is 16.9 Å². The first-order chi connectivity index (χ1) is 10.1. The number of hydrogen-bond acceptors (Lipinski definition) is 2. The molecule has 0 aliphatic rings. The van der Waals surface area contributed by atoms with Crippen LogP contribution in [-0.2, 0) is 6.61 Å². The monoisotopic (exact) mass is 288 g/mol. The Labute approximate surface area is 122 Å². The van der Waals surface area contributed by atoms with Crippen LogP contribution in [0, 0.1) is 30.4 Å². The van der Waals surface area contributed by atoms with E-state index in [1.165, 1.54) is 24.3 Å². The molecule has 0 fully saturated rings. The number of hydrogen-bond donors (Lipinski definition) is 1. The molecule has 0 radical (unpaired) electrons. The first kappa shape index (κ1) is 15.0. The Morgan fingerprint density at radius 3 is 2.67 bits per heavy atom. The molecule has 21 heavy (non-hydrogen) atoms. The van der Waals surface area contributed by atoms with E-state index in [4.69, 9.17) is 9.84 Å². The largest absolute Gasteiger partial charge is 0.489 e. The van der Waals surface area contributed by atoms with Gasteiger partial charge < -0.3 is 9.84 Å². The van der Waals surface area contributed by atoms with Crippen LogP contribution >= 0.6 is 0 Å². The van der Waals surface area contributed by atoms with Crippen molar-refractivity contribution in [1.82, 2.24) is 0 Å². The third-order valence-corrected chi connectivity index (χ3v) is 2.89. The minimum atomic E-state index is -0.481. The number of aliphatic hydroxyl groups is 1. The number of aliphatic hydroxyl groups excluding tert-OH is 1. The predicted molar refractivity (Wildman–Crippen MR) is 75.8 cm³/mol. The molecule has 2 rings (SSSR count). The molecule has 2 aromatic carbocycles. The van der Waals surface area contributed by atoms with Gasteiger partial charge in [0.2, 0.25) is 0 Å². The van der Waals surface area contributed by atoms with Crippen LogP contribution in [0.2, 0.25) is 0 Å². The second-order valence-corrected chi connectivity index (χ2v) is 4.49. The Hall–Kier alpha value is -2.38. The van der Waals surface area contributed by atoms with Gasteiger partial charge >= 0.3 is 0 Å². The van der Waals surface area contributed by atoms with Crippen LogP contribution in [0.5, 0.6) is 5.75 Å². The molecule has 0 unspecified atom stereocenters. The van der Waals surface area contributed by atoms with Crippen LogP contribution in [0.4, 0.5) is 8.78 Å². The first-order valence-electron chi connectivity index (χ1n) is 6.36. The summed E-state index contributed by atoms with van der Waals surface area (Å²) in [4.78, 5) is 0. The Balaban J connectivity index is 2.16. The lowest BCUT2D eigenvalue weighted by atomic mass is 10.1. The highest BCUT2D eigenvalue weighted by Crippen LogP contribution is 2.19. The zero-order valence-electron chi connectivity index (χ0n) is 11.5. The highest BCUT2D eigenvalue weighted by atomic mass is 19.1. The summed E-state index contributed by atoms with van der Waals surface area (Å²) in [5.41, 5.74) is 2.00. The average molecular weight is 288 g/mol. The third kappa shape index (κ3) is 4.30. The highest BCUT2D eigenvalue weighted by molar-refractivity contribution is 5.40. The van der Waals surface area contributed by atoms with Crippen LogP contribution in [-0.4, -0.2) is 11.7 Å². The van der Waals surface area contributed by atoms with Gasteiger partial charge in [0, 0.05) is 11.6 Å². The van der Waals surface area contributed by atoms with E-state index >= 15 is 0 Å². The van der Waals surface area contributed by atoms with Crippen molar-refractivity contribution in [2.45, 2.75) is 13.5 Å². The highest BCUT2D eigenvalue weighted by Gasteiger charge is 2.04. The second kappa shape index (κ2) is 6.87. The molecule has 0 atom stereocenters. The minimum absolute atomic E-state index is 0.139. The van der Waals surface area contributed by atoms with Crippen molar-refractivity contribution < 1.29 is 18.6 Å². The van der Waals surface area contributed by atoms with Crippen molar-refractivity contribution in [3.8, 4) is 17.6 Å². The molecule has 2 aromatic rings. The molecule has 0 saturated heterocycles. The fraction of sp³-hybridized carbons (Fsp3) is 0.176. The standard InChI is InChI=1S/C17H14F2O2/c1-12-4-5-15(18)9-14(12)11-21-17-8-13(3-2-6-20)7-16(19)10-17/h4-5,7-10,20H,6,11H2,1H3. The quantitative estimate of drug-likeness (QED) is 0.879. The smallest absolute Gasteiger partial charge is 0.128 e. The van der Waals surface area contributed by atoms with E-state index in [9.17, 15) is 8.78 Å². The molecule has 108 valence electrons. The molecule has 0 aromatic heterocycles. The number of ether oxygens (including phenoxy) is 1. The van der Waals surface area contributed by atoms with Crippen molar-refractivity contribution in [1.29, 1.82) is 0 Å². The van der Waals surface area contributed by atoms with Crippen molar-refractivity contribution in [2.24, 2.45) is 0 Å². The molecule has 1 N–H and O–H groups in total. The molecule has 2 nitrogen and oxygen atoms in total. The van der Waals surface area contributed by atoms with Crippen molar-refractivity contribution in [3.63, 3.8) is 0 Å². The number of benzene rings is 2. The maximum Gasteiger partial charge on any atom is 0.128 e. The summed E-state index contributed by atoms with van der Waals surface area (Å²) in [6, 6.07) is 8.49. The molecular weight excluding hydrogens is 274 g/mol. The zero-order valence-corrected chi connectivity index (χ0v) is 11.5. The Bertz CT molecular complexity index is 700. The molecule has 0 aliphatic carbocycles. The van der Waals surface area contributed by atoms with Crippen LogP contribution < -0.4 is 4.74 Å². The lowest BCUT2D eigenvalue weighted by Crippen LogP contribution is -1.99. The topological polar surface area (TPSA) is 29.5 Å². The van der Waals surface area contributed by atoms with Crippen LogP contribution in [0.1, 0.15) is 16.7 Å². The molecule has 0 bridgehead atoms. The van der Waals surface area contributed by atoms with E-state index < -0.39 is 5.82 Å². The van der Waals surface area contributed by atoms with Gasteiger partial charge in [-0.3, -0.25) is 0 Å². The summed E-state index contributed by atoms with van der Waals surface area (Å²) >= 11 is 0. The minimum Gasteiger partial charge on any atom is -0.489 e. The fourth-order valence-electron chi connectivity index (χ4n) is 1.82. The van der Waals surface area contributed by atoms with Crippen LogP contribution in [0.25, 0.3) is 0 Å². The molecule has 0 aliphatic heterocycles. The molecular formula is C17H14F2O2. The maximum atomic E-state index is 13.5. The predicted octanol–water partition coefficient (Wildman–Crippen LogP) is 3.20. The van der Waals surface area contributed by atoms with Gasteiger partial charge in [0.05, 0.1) is 0 Å².